The molecule has 0 unspecified atom stereocenters. The van der Waals surface area contributed by atoms with E-state index in [-0.39, 0.29) is 18.1 Å². The largest absolute Gasteiger partial charge is 0.490 e. The van der Waals surface area contributed by atoms with Gasteiger partial charge in [-0.05, 0) is 55.5 Å². The molecule has 2 aromatic rings. The molecule has 1 saturated heterocycles. The van der Waals surface area contributed by atoms with E-state index in [2.05, 4.69) is 5.32 Å². The lowest BCUT2D eigenvalue weighted by molar-refractivity contribution is -0.134. The fraction of sp³-hybridized carbons (Fsp3) is 0.455. The number of nitrogens with zero attached hydrogens (tertiary/aromatic N) is 1. The molecule has 28 heavy (non-hydrogen) atoms. The maximum absolute atomic E-state index is 12.4. The first-order chi connectivity index (χ1) is 13.6. The van der Waals surface area contributed by atoms with E-state index in [4.69, 9.17) is 4.74 Å². The van der Waals surface area contributed by atoms with E-state index in [0.717, 1.165) is 49.4 Å². The van der Waals surface area contributed by atoms with Crippen LogP contribution in [0.5, 0.6) is 5.75 Å². The van der Waals surface area contributed by atoms with Gasteiger partial charge in [-0.25, -0.2) is 0 Å². The molecule has 4 rings (SSSR count). The van der Waals surface area contributed by atoms with Crippen LogP contribution in [0, 0.1) is 5.92 Å². The van der Waals surface area contributed by atoms with Gasteiger partial charge >= 0.3 is 0 Å². The Balaban J connectivity index is 1.26. The Bertz CT molecular complexity index is 807. The zero-order chi connectivity index (χ0) is 19.5. The Labute approximate surface area is 169 Å². The first kappa shape index (κ1) is 19.0. The van der Waals surface area contributed by atoms with Gasteiger partial charge in [0.2, 0.25) is 5.91 Å². The van der Waals surface area contributed by atoms with Gasteiger partial charge in [0, 0.05) is 42.3 Å². The monoisotopic (exact) mass is 398 g/mol. The number of carbonyl (C=O) groups is 2. The number of benzene rings is 1. The maximum Gasteiger partial charge on any atom is 0.251 e. The molecule has 6 heteroatoms. The summed E-state index contributed by atoms with van der Waals surface area (Å²) in [6.07, 6.45) is 3.96. The lowest BCUT2D eigenvalue weighted by Crippen LogP contribution is -2.42. The first-order valence-electron chi connectivity index (χ1n) is 10.00. The number of piperidine rings is 1. The highest BCUT2D eigenvalue weighted by molar-refractivity contribution is 7.10. The summed E-state index contributed by atoms with van der Waals surface area (Å²) in [5.74, 6) is 1.30. The highest BCUT2D eigenvalue weighted by Gasteiger charge is 2.35. The van der Waals surface area contributed by atoms with Gasteiger partial charge in [-0.1, -0.05) is 6.07 Å². The molecule has 0 spiro atoms. The van der Waals surface area contributed by atoms with Crippen molar-refractivity contribution in [1.29, 1.82) is 0 Å². The van der Waals surface area contributed by atoms with Crippen LogP contribution in [0.1, 0.15) is 53.9 Å². The van der Waals surface area contributed by atoms with Crippen LogP contribution >= 0.6 is 11.3 Å². The Hall–Kier alpha value is -2.34. The van der Waals surface area contributed by atoms with Crippen molar-refractivity contribution < 1.29 is 14.3 Å². The second kappa shape index (κ2) is 8.35. The molecule has 1 aromatic carbocycles. The predicted molar refractivity (Wildman–Crippen MR) is 110 cm³/mol. The summed E-state index contributed by atoms with van der Waals surface area (Å²) in [5.41, 5.74) is 0.626. The smallest absolute Gasteiger partial charge is 0.251 e. The molecule has 1 saturated carbocycles. The molecule has 1 N–H and O–H groups in total. The first-order valence-corrected chi connectivity index (χ1v) is 10.9. The van der Waals surface area contributed by atoms with E-state index >= 15 is 0 Å². The quantitative estimate of drug-likeness (QED) is 0.800. The summed E-state index contributed by atoms with van der Waals surface area (Å²) in [6, 6.07) is 11.3. The normalized spacial score (nSPS) is 18.5. The van der Waals surface area contributed by atoms with Crippen LogP contribution < -0.4 is 10.1 Å². The summed E-state index contributed by atoms with van der Waals surface area (Å²) < 4.78 is 6.07. The van der Waals surface area contributed by atoms with Crippen LogP contribution in [0.25, 0.3) is 0 Å². The van der Waals surface area contributed by atoms with Gasteiger partial charge in [0.25, 0.3) is 5.91 Å². The summed E-state index contributed by atoms with van der Waals surface area (Å²) in [7, 11) is 0. The van der Waals surface area contributed by atoms with Crippen molar-refractivity contribution in [3.8, 4) is 5.75 Å². The summed E-state index contributed by atoms with van der Waals surface area (Å²) in [5, 5.41) is 5.03. The highest BCUT2D eigenvalue weighted by atomic mass is 32.1. The number of likely N-dealkylation sites (tertiary alicyclic amines) is 1. The number of ether oxygens (including phenoxy) is 1. The van der Waals surface area contributed by atoms with Crippen molar-refractivity contribution in [2.75, 3.05) is 13.1 Å². The molecule has 0 bridgehead atoms. The van der Waals surface area contributed by atoms with Crippen molar-refractivity contribution in [3.63, 3.8) is 0 Å². The van der Waals surface area contributed by atoms with Crippen molar-refractivity contribution in [2.45, 2.75) is 44.8 Å². The lowest BCUT2D eigenvalue weighted by atomic mass is 10.1. The van der Waals surface area contributed by atoms with Crippen molar-refractivity contribution in [2.24, 2.45) is 5.92 Å². The number of amides is 2. The molecule has 148 valence electrons. The minimum atomic E-state index is -0.0839. The summed E-state index contributed by atoms with van der Waals surface area (Å²) in [6.45, 7) is 3.55. The summed E-state index contributed by atoms with van der Waals surface area (Å²) in [4.78, 5) is 27.7. The van der Waals surface area contributed by atoms with Crippen molar-refractivity contribution in [1.82, 2.24) is 10.2 Å². The van der Waals surface area contributed by atoms with Crippen molar-refractivity contribution >= 4 is 23.2 Å². The average molecular weight is 399 g/mol. The van der Waals surface area contributed by atoms with E-state index in [1.54, 1.807) is 23.5 Å². The van der Waals surface area contributed by atoms with Crippen LogP contribution in [0.15, 0.2) is 41.8 Å². The third-order valence-electron chi connectivity index (χ3n) is 5.42. The van der Waals surface area contributed by atoms with Crippen LogP contribution in [0.2, 0.25) is 0 Å². The van der Waals surface area contributed by atoms with Gasteiger partial charge < -0.3 is 15.0 Å². The third kappa shape index (κ3) is 4.55. The summed E-state index contributed by atoms with van der Waals surface area (Å²) >= 11 is 1.64. The fourth-order valence-corrected chi connectivity index (χ4v) is 4.28. The zero-order valence-corrected chi connectivity index (χ0v) is 16.9. The lowest BCUT2D eigenvalue weighted by Gasteiger charge is -2.32. The van der Waals surface area contributed by atoms with Crippen LogP contribution in [-0.4, -0.2) is 35.9 Å². The third-order valence-corrected chi connectivity index (χ3v) is 6.47. The predicted octanol–water partition coefficient (Wildman–Crippen LogP) is 4.02. The van der Waals surface area contributed by atoms with Gasteiger partial charge in [-0.3, -0.25) is 9.59 Å². The van der Waals surface area contributed by atoms with Crippen LogP contribution in [0.3, 0.4) is 0 Å². The van der Waals surface area contributed by atoms with E-state index in [9.17, 15) is 9.59 Å². The zero-order valence-electron chi connectivity index (χ0n) is 16.1. The average Bonchev–Trinajstić information content (AvgIpc) is 3.42. The number of thiophene rings is 1. The van der Waals surface area contributed by atoms with Gasteiger partial charge in [-0.15, -0.1) is 11.3 Å². The van der Waals surface area contributed by atoms with E-state index < -0.39 is 0 Å². The highest BCUT2D eigenvalue weighted by Crippen LogP contribution is 2.32. The standard InChI is InChI=1S/C22H26N2O3S/c1-15(20-3-2-14-28-20)23-21(25)16-6-8-18(9-7-16)27-19-10-12-24(13-11-19)22(26)17-4-5-17/h2-3,6-9,14-15,17,19H,4-5,10-13H2,1H3,(H,23,25)/t15-/m1/s1. The minimum absolute atomic E-state index is 0.00744. The number of hydrogen-bond acceptors (Lipinski definition) is 4. The molecule has 0 radical (unpaired) electrons. The Morgan fingerprint density at radius 1 is 1.11 bits per heavy atom. The molecule has 2 aliphatic rings. The van der Waals surface area contributed by atoms with Crippen LogP contribution in [-0.2, 0) is 4.79 Å². The van der Waals surface area contributed by atoms with Gasteiger partial charge in [0.15, 0.2) is 0 Å². The molecule has 5 nitrogen and oxygen atoms in total. The van der Waals surface area contributed by atoms with E-state index in [1.165, 1.54) is 0 Å². The second-order valence-corrected chi connectivity index (χ2v) is 8.63. The second-order valence-electron chi connectivity index (χ2n) is 7.65. The Kier molecular flexibility index (Phi) is 5.67. The molecule has 1 aliphatic carbocycles. The Morgan fingerprint density at radius 3 is 2.43 bits per heavy atom. The van der Waals surface area contributed by atoms with Gasteiger partial charge in [0.1, 0.15) is 11.9 Å². The Morgan fingerprint density at radius 2 is 1.82 bits per heavy atom. The van der Waals surface area contributed by atoms with Crippen molar-refractivity contribution in [3.05, 3.63) is 52.2 Å². The topological polar surface area (TPSA) is 58.6 Å². The van der Waals surface area contributed by atoms with Crippen LogP contribution in [0.4, 0.5) is 0 Å². The molecule has 2 amide bonds. The molecule has 1 aliphatic heterocycles. The fourth-order valence-electron chi connectivity index (χ4n) is 3.55. The van der Waals surface area contributed by atoms with Gasteiger partial charge in [0.05, 0.1) is 6.04 Å². The molecule has 2 heterocycles. The minimum Gasteiger partial charge on any atom is -0.490 e. The maximum atomic E-state index is 12.4. The van der Waals surface area contributed by atoms with E-state index in [0.29, 0.717) is 17.4 Å². The molecular weight excluding hydrogens is 372 g/mol. The molecule has 1 aromatic heterocycles. The molecule has 2 fully saturated rings. The molecule has 1 atom stereocenters. The number of nitrogens with one attached hydrogen (secondary N) is 1. The molecular formula is C22H26N2O3S. The van der Waals surface area contributed by atoms with E-state index in [1.807, 2.05) is 41.5 Å². The SMILES string of the molecule is C[C@@H](NC(=O)c1ccc(OC2CCN(C(=O)C3CC3)CC2)cc1)c1cccs1. The van der Waals surface area contributed by atoms with Gasteiger partial charge in [-0.2, -0.15) is 0 Å². The number of carbonyl (C=O) groups excluding carboxylic acids is 2. The number of hydrogen-bond donors (Lipinski definition) is 1. The number of rotatable bonds is 6.